The topological polar surface area (TPSA) is 80.4 Å². The second-order valence-corrected chi connectivity index (χ2v) is 2.72. The van der Waals surface area contributed by atoms with E-state index in [1.54, 1.807) is 6.92 Å². The molecule has 0 unspecified atom stereocenters. The summed E-state index contributed by atoms with van der Waals surface area (Å²) in [6.45, 7) is 1.71. The largest absolute Gasteiger partial charge is 0.420 e. The van der Waals surface area contributed by atoms with Gasteiger partial charge in [0.1, 0.15) is 5.71 Å². The average molecular weight is 180 g/mol. The smallest absolute Gasteiger partial charge is 0.263 e. The third kappa shape index (κ3) is 1.56. The first-order valence-electron chi connectivity index (χ1n) is 3.91. The standard InChI is InChI=1S/C7H8N4O2/c1-4-8-11-7(13-4)5-2-3-6(12)10-9-5/h2-3H2,1H3,(H,10,12). The minimum absolute atomic E-state index is 0.0833. The zero-order valence-electron chi connectivity index (χ0n) is 7.07. The molecule has 0 atom stereocenters. The van der Waals surface area contributed by atoms with E-state index in [1.807, 2.05) is 0 Å². The van der Waals surface area contributed by atoms with Gasteiger partial charge in [-0.1, -0.05) is 0 Å². The number of hydrogen-bond acceptors (Lipinski definition) is 5. The van der Waals surface area contributed by atoms with Gasteiger partial charge in [-0.2, -0.15) is 5.10 Å². The highest BCUT2D eigenvalue weighted by Gasteiger charge is 2.17. The van der Waals surface area contributed by atoms with Crippen molar-refractivity contribution < 1.29 is 9.21 Å². The molecule has 1 amide bonds. The fourth-order valence-electron chi connectivity index (χ4n) is 1.04. The van der Waals surface area contributed by atoms with Gasteiger partial charge in [-0.15, -0.1) is 10.2 Å². The van der Waals surface area contributed by atoms with Crippen LogP contribution in [0.3, 0.4) is 0 Å². The number of carbonyl (C=O) groups excluding carboxylic acids is 1. The Morgan fingerprint density at radius 3 is 2.77 bits per heavy atom. The minimum atomic E-state index is -0.0833. The molecule has 0 aliphatic carbocycles. The van der Waals surface area contributed by atoms with Crippen LogP contribution >= 0.6 is 0 Å². The Bertz CT molecular complexity index is 368. The maximum Gasteiger partial charge on any atom is 0.263 e. The van der Waals surface area contributed by atoms with Crippen LogP contribution in [-0.4, -0.2) is 21.8 Å². The Kier molecular flexibility index (Phi) is 1.80. The molecule has 68 valence electrons. The van der Waals surface area contributed by atoms with Gasteiger partial charge in [-0.25, -0.2) is 5.43 Å². The fourth-order valence-corrected chi connectivity index (χ4v) is 1.04. The Morgan fingerprint density at radius 2 is 2.23 bits per heavy atom. The van der Waals surface area contributed by atoms with Crippen molar-refractivity contribution in [2.75, 3.05) is 0 Å². The van der Waals surface area contributed by atoms with Crippen LogP contribution in [0.5, 0.6) is 0 Å². The normalized spacial score (nSPS) is 16.7. The molecular formula is C7H8N4O2. The molecule has 0 saturated heterocycles. The molecule has 0 aromatic carbocycles. The lowest BCUT2D eigenvalue weighted by molar-refractivity contribution is -0.121. The summed E-state index contributed by atoms with van der Waals surface area (Å²) >= 11 is 0. The summed E-state index contributed by atoms with van der Waals surface area (Å²) in [5, 5.41) is 11.3. The molecule has 6 heteroatoms. The number of carbonyl (C=O) groups is 1. The number of amides is 1. The van der Waals surface area contributed by atoms with E-state index in [0.29, 0.717) is 30.3 Å². The number of hydrogen-bond donors (Lipinski definition) is 1. The lowest BCUT2D eigenvalue weighted by Crippen LogP contribution is -2.26. The van der Waals surface area contributed by atoms with E-state index < -0.39 is 0 Å². The van der Waals surface area contributed by atoms with Crippen molar-refractivity contribution in [3.63, 3.8) is 0 Å². The zero-order chi connectivity index (χ0) is 9.26. The first kappa shape index (κ1) is 7.90. The highest BCUT2D eigenvalue weighted by molar-refractivity contribution is 6.00. The Morgan fingerprint density at radius 1 is 1.38 bits per heavy atom. The molecule has 0 spiro atoms. The molecule has 13 heavy (non-hydrogen) atoms. The van der Waals surface area contributed by atoms with Crippen LogP contribution in [-0.2, 0) is 4.79 Å². The van der Waals surface area contributed by atoms with Gasteiger partial charge in [0, 0.05) is 19.8 Å². The van der Waals surface area contributed by atoms with Crippen molar-refractivity contribution in [3.8, 4) is 0 Å². The molecule has 0 bridgehead atoms. The summed E-state index contributed by atoms with van der Waals surface area (Å²) in [6.07, 6.45) is 0.966. The summed E-state index contributed by atoms with van der Waals surface area (Å²) in [4.78, 5) is 10.8. The van der Waals surface area contributed by atoms with Crippen molar-refractivity contribution in [1.29, 1.82) is 0 Å². The van der Waals surface area contributed by atoms with Crippen molar-refractivity contribution in [1.82, 2.24) is 15.6 Å². The summed E-state index contributed by atoms with van der Waals surface area (Å²) < 4.78 is 5.15. The van der Waals surface area contributed by atoms with Crippen molar-refractivity contribution in [3.05, 3.63) is 11.8 Å². The quantitative estimate of drug-likeness (QED) is 0.659. The van der Waals surface area contributed by atoms with Crippen LogP contribution in [0, 0.1) is 6.92 Å². The molecule has 1 aliphatic rings. The molecule has 1 aromatic rings. The maximum atomic E-state index is 10.8. The highest BCUT2D eigenvalue weighted by Crippen LogP contribution is 2.08. The van der Waals surface area contributed by atoms with E-state index in [-0.39, 0.29) is 5.91 Å². The molecule has 6 nitrogen and oxygen atoms in total. The molecule has 2 heterocycles. The SMILES string of the molecule is Cc1nnc(C2=NNC(=O)CC2)o1. The van der Waals surface area contributed by atoms with Gasteiger partial charge in [0.15, 0.2) is 0 Å². The number of aromatic nitrogens is 2. The summed E-state index contributed by atoms with van der Waals surface area (Å²) in [5.41, 5.74) is 3.00. The third-order valence-electron chi connectivity index (χ3n) is 1.68. The van der Waals surface area contributed by atoms with Gasteiger partial charge >= 0.3 is 0 Å². The molecule has 0 fully saturated rings. The average Bonchev–Trinajstić information content (AvgIpc) is 2.53. The second kappa shape index (κ2) is 2.96. The summed E-state index contributed by atoms with van der Waals surface area (Å²) in [5.74, 6) is 0.798. The highest BCUT2D eigenvalue weighted by atomic mass is 16.4. The van der Waals surface area contributed by atoms with Gasteiger partial charge < -0.3 is 4.42 Å². The van der Waals surface area contributed by atoms with Crippen molar-refractivity contribution in [2.24, 2.45) is 5.10 Å². The second-order valence-electron chi connectivity index (χ2n) is 2.72. The van der Waals surface area contributed by atoms with E-state index in [2.05, 4.69) is 20.7 Å². The molecule has 1 aromatic heterocycles. The van der Waals surface area contributed by atoms with Gasteiger partial charge in [0.05, 0.1) is 0 Å². The van der Waals surface area contributed by atoms with E-state index in [0.717, 1.165) is 0 Å². The first-order chi connectivity index (χ1) is 6.25. The predicted octanol–water partition coefficient (Wildman–Crippen LogP) is -0.00788. The van der Waals surface area contributed by atoms with Crippen LogP contribution < -0.4 is 5.43 Å². The molecule has 0 saturated carbocycles. The minimum Gasteiger partial charge on any atom is -0.420 e. The third-order valence-corrected chi connectivity index (χ3v) is 1.68. The van der Waals surface area contributed by atoms with Crippen LogP contribution in [0.4, 0.5) is 0 Å². The Labute approximate surface area is 74.0 Å². The van der Waals surface area contributed by atoms with Crippen LogP contribution in [0.15, 0.2) is 9.52 Å². The van der Waals surface area contributed by atoms with E-state index >= 15 is 0 Å². The van der Waals surface area contributed by atoms with Crippen LogP contribution in [0.25, 0.3) is 0 Å². The van der Waals surface area contributed by atoms with E-state index in [1.165, 1.54) is 0 Å². The number of rotatable bonds is 1. The Hall–Kier alpha value is -1.72. The first-order valence-corrected chi connectivity index (χ1v) is 3.91. The lowest BCUT2D eigenvalue weighted by Gasteiger charge is -2.07. The predicted molar refractivity (Wildman–Crippen MR) is 42.9 cm³/mol. The molecule has 0 radical (unpaired) electrons. The van der Waals surface area contributed by atoms with Crippen molar-refractivity contribution >= 4 is 11.6 Å². The number of nitrogens with one attached hydrogen (secondary N) is 1. The molecule has 1 N–H and O–H groups in total. The van der Waals surface area contributed by atoms with Crippen LogP contribution in [0.1, 0.15) is 24.6 Å². The van der Waals surface area contributed by atoms with Crippen molar-refractivity contribution in [2.45, 2.75) is 19.8 Å². The molecular weight excluding hydrogens is 172 g/mol. The van der Waals surface area contributed by atoms with Gasteiger partial charge in [-0.05, 0) is 0 Å². The number of hydrazone groups is 1. The summed E-state index contributed by atoms with van der Waals surface area (Å²) in [6, 6.07) is 0. The monoisotopic (exact) mass is 180 g/mol. The van der Waals surface area contributed by atoms with E-state index in [4.69, 9.17) is 4.42 Å². The number of aryl methyl sites for hydroxylation is 1. The van der Waals surface area contributed by atoms with Gasteiger partial charge in [-0.3, -0.25) is 4.79 Å². The lowest BCUT2D eigenvalue weighted by atomic mass is 10.2. The maximum absolute atomic E-state index is 10.8. The fraction of sp³-hybridized carbons (Fsp3) is 0.429. The molecule has 2 rings (SSSR count). The summed E-state index contributed by atoms with van der Waals surface area (Å²) in [7, 11) is 0. The van der Waals surface area contributed by atoms with E-state index in [9.17, 15) is 4.79 Å². The zero-order valence-corrected chi connectivity index (χ0v) is 7.07. The van der Waals surface area contributed by atoms with Gasteiger partial charge in [0.2, 0.25) is 11.8 Å². The number of nitrogens with zero attached hydrogens (tertiary/aromatic N) is 3. The van der Waals surface area contributed by atoms with Gasteiger partial charge in [0.25, 0.3) is 5.89 Å². The molecule has 1 aliphatic heterocycles. The van der Waals surface area contributed by atoms with Crippen LogP contribution in [0.2, 0.25) is 0 Å². The Balaban J connectivity index is 2.22.